The summed E-state index contributed by atoms with van der Waals surface area (Å²) in [6.07, 6.45) is 4.87. The van der Waals surface area contributed by atoms with Crippen molar-refractivity contribution >= 4 is 35.6 Å². The van der Waals surface area contributed by atoms with Crippen LogP contribution in [0.2, 0.25) is 0 Å². The van der Waals surface area contributed by atoms with E-state index >= 15 is 0 Å². The van der Waals surface area contributed by atoms with E-state index in [4.69, 9.17) is 4.52 Å². The predicted molar refractivity (Wildman–Crippen MR) is 113 cm³/mol. The first-order valence-electron chi connectivity index (χ1n) is 8.48. The van der Waals surface area contributed by atoms with Crippen molar-refractivity contribution in [3.8, 4) is 0 Å². The Balaban J connectivity index is 0.00000243. The summed E-state index contributed by atoms with van der Waals surface area (Å²) in [6.45, 7) is 5.48. The number of nitrogens with zero attached hydrogens (tertiary/aromatic N) is 4. The molecule has 0 aromatic carbocycles. The Morgan fingerprint density at radius 3 is 2.85 bits per heavy atom. The van der Waals surface area contributed by atoms with Gasteiger partial charge in [-0.3, -0.25) is 4.99 Å². The molecule has 0 radical (unpaired) electrons. The fourth-order valence-corrected chi connectivity index (χ4v) is 2.49. The lowest BCUT2D eigenvalue weighted by molar-refractivity contribution is 0.372. The highest BCUT2D eigenvalue weighted by Gasteiger charge is 2.08. The molecule has 0 amide bonds. The Labute approximate surface area is 170 Å². The molecule has 140 valence electrons. The van der Waals surface area contributed by atoms with E-state index in [2.05, 4.69) is 45.8 Å². The Morgan fingerprint density at radius 1 is 1.31 bits per heavy atom. The van der Waals surface area contributed by atoms with E-state index in [0.29, 0.717) is 12.5 Å². The molecule has 2 N–H and O–H groups in total. The van der Waals surface area contributed by atoms with Gasteiger partial charge in [0.25, 0.3) is 0 Å². The van der Waals surface area contributed by atoms with E-state index in [0.717, 1.165) is 41.7 Å². The third-order valence-electron chi connectivity index (χ3n) is 3.91. The minimum absolute atomic E-state index is 0. The standard InChI is InChI=1S/C18H24N6O.HI/c1-13(2)16-10-15(25-23-16)11-21-18(19-3)20-8-7-14-12-24-9-5-4-6-17(24)22-14;/h4-6,9-10,12-13H,7-8,11H2,1-3H3,(H2,19,20,21);1H. The molecule has 0 atom stereocenters. The van der Waals surface area contributed by atoms with Gasteiger partial charge in [-0.15, -0.1) is 24.0 Å². The largest absolute Gasteiger partial charge is 0.359 e. The zero-order valence-electron chi connectivity index (χ0n) is 15.3. The van der Waals surface area contributed by atoms with Gasteiger partial charge in [0.2, 0.25) is 0 Å². The molecule has 0 saturated heterocycles. The van der Waals surface area contributed by atoms with Crippen LogP contribution in [0.4, 0.5) is 0 Å². The molecule has 0 spiro atoms. The molecule has 0 unspecified atom stereocenters. The van der Waals surface area contributed by atoms with Crippen LogP contribution in [0.3, 0.4) is 0 Å². The lowest BCUT2D eigenvalue weighted by atomic mass is 10.1. The van der Waals surface area contributed by atoms with E-state index < -0.39 is 0 Å². The zero-order valence-corrected chi connectivity index (χ0v) is 17.6. The molecule has 3 aromatic rings. The second-order valence-corrected chi connectivity index (χ2v) is 6.17. The fraction of sp³-hybridized carbons (Fsp3) is 0.389. The molecular weight excluding hydrogens is 443 g/mol. The summed E-state index contributed by atoms with van der Waals surface area (Å²) in [6, 6.07) is 7.96. The number of imidazole rings is 1. The first kappa shape index (κ1) is 20.2. The molecule has 0 saturated carbocycles. The van der Waals surface area contributed by atoms with Gasteiger partial charge in [0.15, 0.2) is 11.7 Å². The Morgan fingerprint density at radius 2 is 2.15 bits per heavy atom. The number of hydrogen-bond donors (Lipinski definition) is 2. The maximum atomic E-state index is 5.32. The summed E-state index contributed by atoms with van der Waals surface area (Å²) in [5, 5.41) is 10.6. The third-order valence-corrected chi connectivity index (χ3v) is 3.91. The van der Waals surface area contributed by atoms with Gasteiger partial charge in [-0.25, -0.2) is 4.98 Å². The molecule has 3 heterocycles. The molecule has 0 aliphatic rings. The van der Waals surface area contributed by atoms with Crippen molar-refractivity contribution in [3.05, 3.63) is 53.8 Å². The van der Waals surface area contributed by atoms with Crippen molar-refractivity contribution in [3.63, 3.8) is 0 Å². The van der Waals surface area contributed by atoms with Crippen LogP contribution in [0, 0.1) is 0 Å². The van der Waals surface area contributed by atoms with Crippen LogP contribution in [0.25, 0.3) is 5.65 Å². The van der Waals surface area contributed by atoms with Crippen LogP contribution >= 0.6 is 24.0 Å². The van der Waals surface area contributed by atoms with E-state index in [9.17, 15) is 0 Å². The molecule has 26 heavy (non-hydrogen) atoms. The first-order chi connectivity index (χ1) is 12.2. The highest BCUT2D eigenvalue weighted by Crippen LogP contribution is 2.13. The van der Waals surface area contributed by atoms with E-state index in [-0.39, 0.29) is 24.0 Å². The molecule has 3 aromatic heterocycles. The number of hydrogen-bond acceptors (Lipinski definition) is 4. The Hall–Kier alpha value is -2.10. The maximum Gasteiger partial charge on any atom is 0.191 e. The molecule has 8 heteroatoms. The Kier molecular flexibility index (Phi) is 7.43. The lowest BCUT2D eigenvalue weighted by Gasteiger charge is -2.09. The summed E-state index contributed by atoms with van der Waals surface area (Å²) in [5.74, 6) is 1.89. The summed E-state index contributed by atoms with van der Waals surface area (Å²) >= 11 is 0. The van der Waals surface area contributed by atoms with Gasteiger partial charge in [0, 0.05) is 38.5 Å². The Bertz CT molecular complexity index is 821. The van der Waals surface area contributed by atoms with Gasteiger partial charge in [-0.05, 0) is 18.1 Å². The van der Waals surface area contributed by atoms with Crippen LogP contribution in [-0.2, 0) is 13.0 Å². The second kappa shape index (κ2) is 9.56. The van der Waals surface area contributed by atoms with Gasteiger partial charge in [-0.2, -0.15) is 0 Å². The van der Waals surface area contributed by atoms with E-state index in [1.165, 1.54) is 0 Å². The number of aliphatic imine (C=N–C) groups is 1. The third kappa shape index (κ3) is 5.20. The number of nitrogens with one attached hydrogen (secondary N) is 2. The molecule has 3 rings (SSSR count). The minimum Gasteiger partial charge on any atom is -0.359 e. The topological polar surface area (TPSA) is 79.8 Å². The average molecular weight is 468 g/mol. The van der Waals surface area contributed by atoms with Crippen LogP contribution in [0.1, 0.15) is 36.9 Å². The van der Waals surface area contributed by atoms with Crippen LogP contribution in [0.5, 0.6) is 0 Å². The van der Waals surface area contributed by atoms with Gasteiger partial charge in [-0.1, -0.05) is 25.1 Å². The zero-order chi connectivity index (χ0) is 17.6. The summed E-state index contributed by atoms with van der Waals surface area (Å²) < 4.78 is 7.35. The van der Waals surface area contributed by atoms with Crippen LogP contribution in [-0.4, -0.2) is 34.1 Å². The lowest BCUT2D eigenvalue weighted by Crippen LogP contribution is -2.37. The number of rotatable bonds is 6. The van der Waals surface area contributed by atoms with Gasteiger partial charge >= 0.3 is 0 Å². The second-order valence-electron chi connectivity index (χ2n) is 6.17. The summed E-state index contributed by atoms with van der Waals surface area (Å²) in [5.41, 5.74) is 2.98. The molecule has 7 nitrogen and oxygen atoms in total. The summed E-state index contributed by atoms with van der Waals surface area (Å²) in [7, 11) is 1.75. The number of fused-ring (bicyclic) bond motifs is 1. The number of aromatic nitrogens is 3. The smallest absolute Gasteiger partial charge is 0.191 e. The molecular formula is C18H25IN6O. The van der Waals surface area contributed by atoms with Gasteiger partial charge < -0.3 is 19.6 Å². The van der Waals surface area contributed by atoms with Crippen molar-refractivity contribution in [2.24, 2.45) is 4.99 Å². The van der Waals surface area contributed by atoms with Crippen molar-refractivity contribution in [2.75, 3.05) is 13.6 Å². The molecule has 0 aliphatic heterocycles. The average Bonchev–Trinajstić information content (AvgIpc) is 3.24. The first-order valence-corrected chi connectivity index (χ1v) is 8.48. The summed E-state index contributed by atoms with van der Waals surface area (Å²) in [4.78, 5) is 8.81. The highest BCUT2D eigenvalue weighted by molar-refractivity contribution is 14.0. The van der Waals surface area contributed by atoms with E-state index in [1.807, 2.05) is 34.9 Å². The highest BCUT2D eigenvalue weighted by atomic mass is 127. The molecule has 0 aliphatic carbocycles. The number of halogens is 1. The van der Waals surface area contributed by atoms with Crippen molar-refractivity contribution < 1.29 is 4.52 Å². The van der Waals surface area contributed by atoms with Gasteiger partial charge in [0.05, 0.1) is 17.9 Å². The maximum absolute atomic E-state index is 5.32. The van der Waals surface area contributed by atoms with E-state index in [1.54, 1.807) is 7.05 Å². The quantitative estimate of drug-likeness (QED) is 0.331. The van der Waals surface area contributed by atoms with Gasteiger partial charge in [0.1, 0.15) is 5.65 Å². The predicted octanol–water partition coefficient (Wildman–Crippen LogP) is 2.97. The SMILES string of the molecule is CN=C(NCCc1cn2ccccc2n1)NCc1cc(C(C)C)no1.I. The minimum atomic E-state index is 0. The van der Waals surface area contributed by atoms with Crippen LogP contribution in [0.15, 0.2) is 46.2 Å². The van der Waals surface area contributed by atoms with Crippen LogP contribution < -0.4 is 10.6 Å². The number of pyridine rings is 1. The number of guanidine groups is 1. The molecule has 0 bridgehead atoms. The molecule has 0 fully saturated rings. The monoisotopic (exact) mass is 468 g/mol. The normalized spacial score (nSPS) is 11.6. The van der Waals surface area contributed by atoms with Crippen molar-refractivity contribution in [1.29, 1.82) is 0 Å². The fourth-order valence-electron chi connectivity index (χ4n) is 2.49. The van der Waals surface area contributed by atoms with Crippen molar-refractivity contribution in [2.45, 2.75) is 32.7 Å². The van der Waals surface area contributed by atoms with Crippen molar-refractivity contribution in [1.82, 2.24) is 25.2 Å².